The van der Waals surface area contributed by atoms with Crippen LogP contribution in [-0.4, -0.2) is 18.2 Å². The third-order valence-corrected chi connectivity index (χ3v) is 4.78. The van der Waals surface area contributed by atoms with Crippen LogP contribution < -0.4 is 4.90 Å². The summed E-state index contributed by atoms with van der Waals surface area (Å²) in [5, 5.41) is 2.17. The monoisotopic (exact) mass is 279 g/mol. The maximum atomic E-state index is 12.6. The number of carbonyl (C=O) groups is 2. The highest BCUT2D eigenvalue weighted by molar-refractivity contribution is 6.25. The molecule has 4 rings (SSSR count). The van der Waals surface area contributed by atoms with Gasteiger partial charge < -0.3 is 4.90 Å². The molecule has 1 fully saturated rings. The van der Waals surface area contributed by atoms with Crippen LogP contribution in [0.15, 0.2) is 36.4 Å². The molecule has 0 aromatic heterocycles. The quantitative estimate of drug-likeness (QED) is 0.861. The van der Waals surface area contributed by atoms with Crippen LogP contribution in [-0.2, 0) is 4.79 Å². The smallest absolute Gasteiger partial charge is 0.258 e. The molecule has 0 saturated heterocycles. The van der Waals surface area contributed by atoms with Crippen molar-refractivity contribution < 1.29 is 9.59 Å². The normalized spacial score (nSPS) is 20.8. The fraction of sp³-hybridized carbons (Fsp3) is 0.333. The Labute approximate surface area is 123 Å². The maximum Gasteiger partial charge on any atom is 0.258 e. The zero-order valence-electron chi connectivity index (χ0n) is 11.8. The minimum Gasteiger partial charge on any atom is -0.308 e. The molecule has 0 radical (unpaired) electrons. The number of hydrogen-bond acceptors (Lipinski definition) is 2. The standard InChI is InChI=1S/C18H17NO2/c20-16-9-3-4-12(16)10-11-19-15-8-2-6-13-5-1-7-14(17(13)15)18(19)21/h1-2,5-8,12H,3-4,9-11H2. The van der Waals surface area contributed by atoms with E-state index in [1.807, 2.05) is 41.3 Å². The van der Waals surface area contributed by atoms with Crippen molar-refractivity contribution >= 4 is 28.2 Å². The Morgan fingerprint density at radius 1 is 1.10 bits per heavy atom. The minimum absolute atomic E-state index is 0.0762. The lowest BCUT2D eigenvalue weighted by Gasteiger charge is -2.19. The maximum absolute atomic E-state index is 12.6. The topological polar surface area (TPSA) is 37.4 Å². The molecule has 2 aliphatic rings. The van der Waals surface area contributed by atoms with Gasteiger partial charge in [-0.05, 0) is 36.8 Å². The van der Waals surface area contributed by atoms with Gasteiger partial charge in [0.15, 0.2) is 0 Å². The fourth-order valence-corrected chi connectivity index (χ4v) is 3.68. The van der Waals surface area contributed by atoms with Gasteiger partial charge in [-0.2, -0.15) is 0 Å². The summed E-state index contributed by atoms with van der Waals surface area (Å²) in [7, 11) is 0. The first-order chi connectivity index (χ1) is 10.3. The highest BCUT2D eigenvalue weighted by Gasteiger charge is 2.31. The predicted molar refractivity (Wildman–Crippen MR) is 82.6 cm³/mol. The second kappa shape index (κ2) is 4.69. The van der Waals surface area contributed by atoms with Crippen LogP contribution in [0.2, 0.25) is 0 Å². The molecule has 1 aliphatic heterocycles. The van der Waals surface area contributed by atoms with Crippen molar-refractivity contribution in [3.05, 3.63) is 42.0 Å². The minimum atomic E-state index is 0.0762. The van der Waals surface area contributed by atoms with Gasteiger partial charge in [0.2, 0.25) is 0 Å². The first-order valence-corrected chi connectivity index (χ1v) is 7.62. The van der Waals surface area contributed by atoms with Crippen molar-refractivity contribution in [1.29, 1.82) is 0 Å². The number of Topliss-reactive ketones (excluding diaryl/α,β-unsaturated/α-hetero) is 1. The van der Waals surface area contributed by atoms with Crippen LogP contribution >= 0.6 is 0 Å². The summed E-state index contributed by atoms with van der Waals surface area (Å²) >= 11 is 0. The molecule has 2 aromatic carbocycles. The molecular formula is C18H17NO2. The average molecular weight is 279 g/mol. The molecule has 1 unspecified atom stereocenters. The van der Waals surface area contributed by atoms with Gasteiger partial charge in [0.05, 0.1) is 5.69 Å². The van der Waals surface area contributed by atoms with Crippen molar-refractivity contribution in [3.63, 3.8) is 0 Å². The Hall–Kier alpha value is -2.16. The molecule has 3 heteroatoms. The van der Waals surface area contributed by atoms with Crippen molar-refractivity contribution in [3.8, 4) is 0 Å². The van der Waals surface area contributed by atoms with Gasteiger partial charge >= 0.3 is 0 Å². The van der Waals surface area contributed by atoms with E-state index in [-0.39, 0.29) is 11.8 Å². The van der Waals surface area contributed by atoms with Crippen LogP contribution in [0, 0.1) is 5.92 Å². The molecule has 21 heavy (non-hydrogen) atoms. The number of rotatable bonds is 3. The first kappa shape index (κ1) is 12.6. The Morgan fingerprint density at radius 2 is 1.90 bits per heavy atom. The second-order valence-corrected chi connectivity index (χ2v) is 5.98. The van der Waals surface area contributed by atoms with Crippen molar-refractivity contribution in [2.75, 3.05) is 11.4 Å². The van der Waals surface area contributed by atoms with E-state index >= 15 is 0 Å². The van der Waals surface area contributed by atoms with Gasteiger partial charge in [-0.25, -0.2) is 0 Å². The molecule has 106 valence electrons. The lowest BCUT2D eigenvalue weighted by Crippen LogP contribution is -2.29. The Kier molecular flexibility index (Phi) is 2.81. The van der Waals surface area contributed by atoms with Crippen molar-refractivity contribution in [2.45, 2.75) is 25.7 Å². The van der Waals surface area contributed by atoms with Crippen LogP contribution in [0.3, 0.4) is 0 Å². The number of carbonyl (C=O) groups excluding carboxylic acids is 2. The summed E-state index contributed by atoms with van der Waals surface area (Å²) in [6.07, 6.45) is 3.49. The van der Waals surface area contributed by atoms with E-state index in [2.05, 4.69) is 0 Å². The highest BCUT2D eigenvalue weighted by Crippen LogP contribution is 2.37. The van der Waals surface area contributed by atoms with E-state index in [9.17, 15) is 9.59 Å². The summed E-state index contributed by atoms with van der Waals surface area (Å²) in [5.41, 5.74) is 1.79. The van der Waals surface area contributed by atoms with E-state index in [0.717, 1.165) is 41.3 Å². The SMILES string of the molecule is O=C1CCCC1CCN1C(=O)c2cccc3cccc1c23. The van der Waals surface area contributed by atoms with E-state index in [1.54, 1.807) is 0 Å². The molecule has 0 N–H and O–H groups in total. The molecule has 0 spiro atoms. The Balaban J connectivity index is 1.65. The van der Waals surface area contributed by atoms with Crippen molar-refractivity contribution in [2.24, 2.45) is 5.92 Å². The van der Waals surface area contributed by atoms with Gasteiger partial charge in [0.25, 0.3) is 5.91 Å². The summed E-state index contributed by atoms with van der Waals surface area (Å²) in [5.74, 6) is 0.602. The Morgan fingerprint density at radius 3 is 2.67 bits per heavy atom. The van der Waals surface area contributed by atoms with Crippen LogP contribution in [0.5, 0.6) is 0 Å². The van der Waals surface area contributed by atoms with Gasteiger partial charge in [-0.15, -0.1) is 0 Å². The lowest BCUT2D eigenvalue weighted by molar-refractivity contribution is -0.120. The number of nitrogens with zero attached hydrogens (tertiary/aromatic N) is 1. The summed E-state index contributed by atoms with van der Waals surface area (Å²) in [6, 6.07) is 11.9. The molecule has 3 nitrogen and oxygen atoms in total. The number of benzene rings is 2. The number of amides is 1. The zero-order chi connectivity index (χ0) is 14.4. The molecule has 1 aliphatic carbocycles. The molecule has 0 bridgehead atoms. The molecule has 1 heterocycles. The average Bonchev–Trinajstić information content (AvgIpc) is 3.02. The van der Waals surface area contributed by atoms with E-state index in [0.29, 0.717) is 18.7 Å². The molecule has 1 amide bonds. The largest absolute Gasteiger partial charge is 0.308 e. The third-order valence-electron chi connectivity index (χ3n) is 4.78. The van der Waals surface area contributed by atoms with E-state index in [1.165, 1.54) is 0 Å². The molecule has 2 aromatic rings. The zero-order valence-corrected chi connectivity index (χ0v) is 11.8. The Bertz CT molecular complexity index is 745. The first-order valence-electron chi connectivity index (χ1n) is 7.62. The summed E-state index contributed by atoms with van der Waals surface area (Å²) in [4.78, 5) is 26.2. The number of ketones is 1. The van der Waals surface area contributed by atoms with Gasteiger partial charge in [-0.1, -0.05) is 24.3 Å². The third kappa shape index (κ3) is 1.88. The summed E-state index contributed by atoms with van der Waals surface area (Å²) in [6.45, 7) is 0.642. The molecule has 1 atom stereocenters. The van der Waals surface area contributed by atoms with Crippen LogP contribution in [0.1, 0.15) is 36.0 Å². The highest BCUT2D eigenvalue weighted by atomic mass is 16.2. The van der Waals surface area contributed by atoms with Crippen molar-refractivity contribution in [1.82, 2.24) is 0 Å². The fourth-order valence-electron chi connectivity index (χ4n) is 3.68. The number of hydrogen-bond donors (Lipinski definition) is 0. The molecule has 1 saturated carbocycles. The van der Waals surface area contributed by atoms with Gasteiger partial charge in [0.1, 0.15) is 5.78 Å². The second-order valence-electron chi connectivity index (χ2n) is 5.98. The molecular weight excluding hydrogens is 262 g/mol. The van der Waals surface area contributed by atoms with Gasteiger partial charge in [-0.3, -0.25) is 9.59 Å². The lowest BCUT2D eigenvalue weighted by atomic mass is 10.0. The van der Waals surface area contributed by atoms with Gasteiger partial charge in [0, 0.05) is 29.8 Å². The van der Waals surface area contributed by atoms with Crippen LogP contribution in [0.25, 0.3) is 10.8 Å². The van der Waals surface area contributed by atoms with E-state index < -0.39 is 0 Å². The predicted octanol–water partition coefficient (Wildman–Crippen LogP) is 3.56. The summed E-state index contributed by atoms with van der Waals surface area (Å²) < 4.78 is 0. The number of anilines is 1. The van der Waals surface area contributed by atoms with E-state index in [4.69, 9.17) is 0 Å². The van der Waals surface area contributed by atoms with Crippen LogP contribution in [0.4, 0.5) is 5.69 Å².